The molecule has 1 heterocycles. The molecule has 0 saturated carbocycles. The maximum atomic E-state index is 6.03. The molecular weight excluding hydrogens is 214 g/mol. The summed E-state index contributed by atoms with van der Waals surface area (Å²) in [7, 11) is 0. The van der Waals surface area contributed by atoms with Crippen LogP contribution in [0, 0.1) is 0 Å². The van der Waals surface area contributed by atoms with Gasteiger partial charge in [0.15, 0.2) is 5.96 Å². The first kappa shape index (κ1) is 11.9. The van der Waals surface area contributed by atoms with E-state index in [0.717, 1.165) is 18.8 Å². The van der Waals surface area contributed by atoms with Crippen LogP contribution in [0.25, 0.3) is 0 Å². The maximum absolute atomic E-state index is 6.03. The fraction of sp³-hybridized carbons (Fsp3) is 0.462. The molecule has 2 N–H and O–H groups in total. The van der Waals surface area contributed by atoms with E-state index in [9.17, 15) is 0 Å². The van der Waals surface area contributed by atoms with Gasteiger partial charge in [-0.1, -0.05) is 18.2 Å². The Labute approximate surface area is 102 Å². The lowest BCUT2D eigenvalue weighted by Crippen LogP contribution is -2.50. The summed E-state index contributed by atoms with van der Waals surface area (Å²) in [5, 5.41) is 0. The molecule has 0 bridgehead atoms. The van der Waals surface area contributed by atoms with Crippen LogP contribution in [0.3, 0.4) is 0 Å². The van der Waals surface area contributed by atoms with E-state index in [1.165, 1.54) is 0 Å². The second kappa shape index (κ2) is 5.19. The number of hydrogen-bond acceptors (Lipinski definition) is 2. The molecule has 4 nitrogen and oxygen atoms in total. The molecule has 92 valence electrons. The van der Waals surface area contributed by atoms with E-state index in [1.807, 2.05) is 30.3 Å². The summed E-state index contributed by atoms with van der Waals surface area (Å²) in [4.78, 5) is 6.49. The van der Waals surface area contributed by atoms with Crippen LogP contribution in [0.4, 0.5) is 5.69 Å². The van der Waals surface area contributed by atoms with Crippen LogP contribution >= 0.6 is 0 Å². The van der Waals surface area contributed by atoms with Crippen molar-refractivity contribution in [2.45, 2.75) is 26.1 Å². The summed E-state index contributed by atoms with van der Waals surface area (Å²) in [5.74, 6) is 0.568. The summed E-state index contributed by atoms with van der Waals surface area (Å²) < 4.78 is 5.66. The van der Waals surface area contributed by atoms with Crippen LogP contribution in [0.5, 0.6) is 0 Å². The highest BCUT2D eigenvalue weighted by Crippen LogP contribution is 2.13. The first-order chi connectivity index (χ1) is 8.15. The van der Waals surface area contributed by atoms with E-state index >= 15 is 0 Å². The van der Waals surface area contributed by atoms with E-state index < -0.39 is 0 Å². The van der Waals surface area contributed by atoms with Gasteiger partial charge in [0.05, 0.1) is 17.9 Å². The van der Waals surface area contributed by atoms with Gasteiger partial charge in [-0.15, -0.1) is 0 Å². The lowest BCUT2D eigenvalue weighted by molar-refractivity contribution is -0.0483. The molecule has 0 spiro atoms. The largest absolute Gasteiger partial charge is 0.372 e. The molecule has 0 unspecified atom stereocenters. The van der Waals surface area contributed by atoms with Gasteiger partial charge >= 0.3 is 0 Å². The number of hydrogen-bond donors (Lipinski definition) is 1. The Morgan fingerprint density at radius 2 is 1.82 bits per heavy atom. The molecule has 2 rings (SSSR count). The van der Waals surface area contributed by atoms with Crippen molar-refractivity contribution in [2.24, 2.45) is 10.7 Å². The van der Waals surface area contributed by atoms with E-state index in [4.69, 9.17) is 10.5 Å². The molecule has 1 aromatic rings. The van der Waals surface area contributed by atoms with Gasteiger partial charge in [-0.25, -0.2) is 4.99 Å². The molecule has 1 aliphatic rings. The van der Waals surface area contributed by atoms with Crippen molar-refractivity contribution in [3.05, 3.63) is 30.3 Å². The summed E-state index contributed by atoms with van der Waals surface area (Å²) in [5.41, 5.74) is 6.91. The number of benzene rings is 1. The van der Waals surface area contributed by atoms with Gasteiger partial charge in [-0.2, -0.15) is 0 Å². The molecule has 17 heavy (non-hydrogen) atoms. The smallest absolute Gasteiger partial charge is 0.196 e. The summed E-state index contributed by atoms with van der Waals surface area (Å²) in [6.45, 7) is 5.70. The zero-order chi connectivity index (χ0) is 12.3. The second-order valence-corrected chi connectivity index (χ2v) is 4.47. The maximum Gasteiger partial charge on any atom is 0.196 e. The Balaban J connectivity index is 2.09. The highest BCUT2D eigenvalue weighted by atomic mass is 16.5. The quantitative estimate of drug-likeness (QED) is 0.594. The third-order valence-corrected chi connectivity index (χ3v) is 2.74. The molecule has 1 fully saturated rings. The lowest BCUT2D eigenvalue weighted by atomic mass is 10.2. The molecule has 4 heteroatoms. The average Bonchev–Trinajstić information content (AvgIpc) is 2.29. The Kier molecular flexibility index (Phi) is 3.64. The SMILES string of the molecule is C[C@@H]1CN(C(N)=Nc2ccccc2)C[C@H](C)O1. The molecule has 0 aliphatic carbocycles. The third kappa shape index (κ3) is 3.20. The Morgan fingerprint density at radius 1 is 1.24 bits per heavy atom. The van der Waals surface area contributed by atoms with Crippen molar-refractivity contribution in [1.29, 1.82) is 0 Å². The van der Waals surface area contributed by atoms with E-state index in [1.54, 1.807) is 0 Å². The monoisotopic (exact) mass is 233 g/mol. The summed E-state index contributed by atoms with van der Waals surface area (Å²) in [6.07, 6.45) is 0.395. The predicted octanol–water partition coefficient (Wildman–Crippen LogP) is 1.74. The molecule has 0 radical (unpaired) electrons. The zero-order valence-corrected chi connectivity index (χ0v) is 10.3. The van der Waals surface area contributed by atoms with Crippen molar-refractivity contribution >= 4 is 11.6 Å². The number of para-hydroxylation sites is 1. The van der Waals surface area contributed by atoms with E-state index in [-0.39, 0.29) is 12.2 Å². The molecule has 1 saturated heterocycles. The van der Waals surface area contributed by atoms with Gasteiger partial charge in [0.1, 0.15) is 0 Å². The van der Waals surface area contributed by atoms with Crippen molar-refractivity contribution < 1.29 is 4.74 Å². The number of guanidine groups is 1. The van der Waals surface area contributed by atoms with Gasteiger partial charge in [0.2, 0.25) is 0 Å². The average molecular weight is 233 g/mol. The molecule has 1 aliphatic heterocycles. The predicted molar refractivity (Wildman–Crippen MR) is 69.3 cm³/mol. The van der Waals surface area contributed by atoms with Crippen LogP contribution < -0.4 is 5.73 Å². The van der Waals surface area contributed by atoms with Crippen molar-refractivity contribution in [1.82, 2.24) is 4.90 Å². The second-order valence-electron chi connectivity index (χ2n) is 4.47. The Hall–Kier alpha value is -1.55. The van der Waals surface area contributed by atoms with Crippen LogP contribution in [0.1, 0.15) is 13.8 Å². The molecular formula is C13H19N3O. The Morgan fingerprint density at radius 3 is 2.41 bits per heavy atom. The van der Waals surface area contributed by atoms with E-state index in [2.05, 4.69) is 23.7 Å². The molecule has 0 amide bonds. The molecule has 0 aromatic heterocycles. The Bertz CT molecular complexity index is 381. The van der Waals surface area contributed by atoms with Crippen LogP contribution in [-0.2, 0) is 4.74 Å². The highest BCUT2D eigenvalue weighted by Gasteiger charge is 2.23. The van der Waals surface area contributed by atoms with Gasteiger partial charge in [0, 0.05) is 13.1 Å². The van der Waals surface area contributed by atoms with Gasteiger partial charge < -0.3 is 15.4 Å². The highest BCUT2D eigenvalue weighted by molar-refractivity contribution is 5.81. The van der Waals surface area contributed by atoms with Crippen molar-refractivity contribution in [2.75, 3.05) is 13.1 Å². The normalized spacial score (nSPS) is 26.0. The fourth-order valence-electron chi connectivity index (χ4n) is 2.07. The van der Waals surface area contributed by atoms with Gasteiger partial charge in [0.25, 0.3) is 0 Å². The number of ether oxygens (including phenoxy) is 1. The first-order valence-electron chi connectivity index (χ1n) is 5.95. The number of nitrogens with two attached hydrogens (primary N) is 1. The lowest BCUT2D eigenvalue weighted by Gasteiger charge is -2.35. The summed E-state index contributed by atoms with van der Waals surface area (Å²) >= 11 is 0. The van der Waals surface area contributed by atoms with Gasteiger partial charge in [-0.05, 0) is 26.0 Å². The van der Waals surface area contributed by atoms with Crippen LogP contribution in [0.2, 0.25) is 0 Å². The fourth-order valence-corrected chi connectivity index (χ4v) is 2.07. The number of nitrogens with zero attached hydrogens (tertiary/aromatic N) is 2. The number of aliphatic imine (C=N–C) groups is 1. The first-order valence-corrected chi connectivity index (χ1v) is 5.95. The minimum atomic E-state index is 0.197. The van der Waals surface area contributed by atoms with E-state index in [0.29, 0.717) is 5.96 Å². The van der Waals surface area contributed by atoms with Crippen molar-refractivity contribution in [3.63, 3.8) is 0 Å². The minimum Gasteiger partial charge on any atom is -0.372 e. The topological polar surface area (TPSA) is 50.8 Å². The standard InChI is InChI=1S/C13H19N3O/c1-10-8-16(9-11(2)17-10)13(14)15-12-6-4-3-5-7-12/h3-7,10-11H,8-9H2,1-2H3,(H2,14,15)/t10-,11+. The van der Waals surface area contributed by atoms with Crippen LogP contribution in [0.15, 0.2) is 35.3 Å². The summed E-state index contributed by atoms with van der Waals surface area (Å²) in [6, 6.07) is 9.77. The zero-order valence-electron chi connectivity index (χ0n) is 10.3. The molecule has 2 atom stereocenters. The molecule has 1 aromatic carbocycles. The van der Waals surface area contributed by atoms with Crippen molar-refractivity contribution in [3.8, 4) is 0 Å². The minimum absolute atomic E-state index is 0.197. The number of morpholine rings is 1. The van der Waals surface area contributed by atoms with Crippen LogP contribution in [-0.4, -0.2) is 36.2 Å². The van der Waals surface area contributed by atoms with Gasteiger partial charge in [-0.3, -0.25) is 0 Å². The third-order valence-electron chi connectivity index (χ3n) is 2.74. The number of rotatable bonds is 1.